The van der Waals surface area contributed by atoms with E-state index in [4.69, 9.17) is 4.55 Å². The van der Waals surface area contributed by atoms with Gasteiger partial charge in [-0.3, -0.25) is 10.1 Å². The highest BCUT2D eigenvalue weighted by Gasteiger charge is 2.30. The lowest BCUT2D eigenvalue weighted by molar-refractivity contribution is -0.117. The van der Waals surface area contributed by atoms with Crippen LogP contribution in [0.3, 0.4) is 0 Å². The summed E-state index contributed by atoms with van der Waals surface area (Å²) in [5.74, 6) is 0.331. The first-order chi connectivity index (χ1) is 11.6. The van der Waals surface area contributed by atoms with Gasteiger partial charge in [-0.05, 0) is 42.7 Å². The summed E-state index contributed by atoms with van der Waals surface area (Å²) in [5.41, 5.74) is 2.29. The third-order valence-corrected chi connectivity index (χ3v) is 4.59. The number of hydrogen-bond donors (Lipinski definition) is 2. The smallest absolute Gasteiger partial charge is 0.249 e. The maximum atomic E-state index is 11.9. The third kappa shape index (κ3) is 2.81. The number of aromatic nitrogens is 3. The van der Waals surface area contributed by atoms with Crippen LogP contribution in [0.5, 0.6) is 0 Å². The van der Waals surface area contributed by atoms with Gasteiger partial charge >= 0.3 is 0 Å². The van der Waals surface area contributed by atoms with Gasteiger partial charge in [0.15, 0.2) is 16.7 Å². The molecule has 1 fully saturated rings. The van der Waals surface area contributed by atoms with E-state index in [0.717, 1.165) is 24.0 Å². The molecule has 7 nitrogen and oxygen atoms in total. The fraction of sp³-hybridized carbons (Fsp3) is 0.188. The highest BCUT2D eigenvalue weighted by molar-refractivity contribution is 7.79. The van der Waals surface area contributed by atoms with Crippen LogP contribution in [0.15, 0.2) is 47.5 Å². The maximum Gasteiger partial charge on any atom is 0.249 e. The van der Waals surface area contributed by atoms with Crippen LogP contribution in [0, 0.1) is 5.92 Å². The lowest BCUT2D eigenvalue weighted by atomic mass is 10.1. The number of amides is 1. The molecule has 8 heteroatoms. The second-order valence-corrected chi connectivity index (χ2v) is 6.63. The minimum Gasteiger partial charge on any atom is -0.302 e. The van der Waals surface area contributed by atoms with Gasteiger partial charge in [0.2, 0.25) is 11.9 Å². The van der Waals surface area contributed by atoms with Gasteiger partial charge in [-0.15, -0.1) is 5.10 Å². The van der Waals surface area contributed by atoms with Gasteiger partial charge in [0.1, 0.15) is 0 Å². The minimum absolute atomic E-state index is 0.0396. The molecule has 1 amide bonds. The summed E-state index contributed by atoms with van der Waals surface area (Å²) in [6.45, 7) is 0. The molecule has 1 aromatic carbocycles. The number of benzene rings is 1. The van der Waals surface area contributed by atoms with E-state index in [-0.39, 0.29) is 17.8 Å². The summed E-state index contributed by atoms with van der Waals surface area (Å²) in [5, 5.41) is 7.02. The van der Waals surface area contributed by atoms with E-state index in [1.165, 1.54) is 0 Å². The number of hydrogen-bond acceptors (Lipinski definition) is 4. The van der Waals surface area contributed by atoms with Crippen molar-refractivity contribution in [1.82, 2.24) is 14.6 Å². The predicted molar refractivity (Wildman–Crippen MR) is 88.8 cm³/mol. The molecule has 1 saturated carbocycles. The number of fused-ring (bicyclic) bond motifs is 1. The van der Waals surface area contributed by atoms with Crippen molar-refractivity contribution < 1.29 is 13.6 Å². The molecule has 0 aliphatic heterocycles. The SMILES string of the molecule is O=C(Nc1nc2c(-c3ccc(S(=O)O)cc3)cccn2n1)C1CC1. The van der Waals surface area contributed by atoms with Gasteiger partial charge in [-0.2, -0.15) is 4.98 Å². The summed E-state index contributed by atoms with van der Waals surface area (Å²) < 4.78 is 21.8. The molecular weight excluding hydrogens is 328 g/mol. The number of nitrogens with one attached hydrogen (secondary N) is 1. The Bertz CT molecular complexity index is 948. The van der Waals surface area contributed by atoms with Crippen molar-refractivity contribution >= 4 is 28.6 Å². The van der Waals surface area contributed by atoms with Crippen molar-refractivity contribution in [2.24, 2.45) is 5.92 Å². The summed E-state index contributed by atoms with van der Waals surface area (Å²) in [6, 6.07) is 10.4. The van der Waals surface area contributed by atoms with E-state index in [9.17, 15) is 9.00 Å². The fourth-order valence-corrected chi connectivity index (χ4v) is 2.86. The molecule has 1 aliphatic rings. The van der Waals surface area contributed by atoms with Crippen molar-refractivity contribution in [3.05, 3.63) is 42.6 Å². The summed E-state index contributed by atoms with van der Waals surface area (Å²) in [7, 11) is 0. The molecule has 24 heavy (non-hydrogen) atoms. The molecule has 0 spiro atoms. The van der Waals surface area contributed by atoms with Crippen LogP contribution < -0.4 is 5.32 Å². The van der Waals surface area contributed by atoms with Crippen molar-refractivity contribution in [3.63, 3.8) is 0 Å². The first-order valence-electron chi connectivity index (χ1n) is 7.49. The standard InChI is InChI=1S/C16H14N4O3S/c21-15(11-3-4-11)18-16-17-14-13(2-1-9-20(14)19-16)10-5-7-12(8-6-10)24(22)23/h1-2,5-9,11H,3-4H2,(H,22,23)(H,18,19,21). The van der Waals surface area contributed by atoms with Crippen LogP contribution in [-0.4, -0.2) is 29.3 Å². The third-order valence-electron chi connectivity index (χ3n) is 3.91. The molecule has 2 heterocycles. The Hall–Kier alpha value is -2.58. The van der Waals surface area contributed by atoms with Crippen LogP contribution in [0.2, 0.25) is 0 Å². The van der Waals surface area contributed by atoms with E-state index >= 15 is 0 Å². The molecule has 3 aromatic rings. The number of rotatable bonds is 4. The highest BCUT2D eigenvalue weighted by atomic mass is 32.2. The van der Waals surface area contributed by atoms with E-state index in [1.54, 1.807) is 35.0 Å². The first-order valence-corrected chi connectivity index (χ1v) is 8.60. The Morgan fingerprint density at radius 2 is 2.00 bits per heavy atom. The molecule has 1 unspecified atom stereocenters. The van der Waals surface area contributed by atoms with E-state index in [1.807, 2.05) is 12.1 Å². The van der Waals surface area contributed by atoms with Crippen LogP contribution in [0.4, 0.5) is 5.95 Å². The van der Waals surface area contributed by atoms with Crippen LogP contribution in [0.25, 0.3) is 16.8 Å². The van der Waals surface area contributed by atoms with Crippen molar-refractivity contribution in [3.8, 4) is 11.1 Å². The van der Waals surface area contributed by atoms with Crippen molar-refractivity contribution in [1.29, 1.82) is 0 Å². The van der Waals surface area contributed by atoms with E-state index in [2.05, 4.69) is 15.4 Å². The summed E-state index contributed by atoms with van der Waals surface area (Å²) in [6.07, 6.45) is 3.60. The number of nitrogens with zero attached hydrogens (tertiary/aromatic N) is 3. The second kappa shape index (κ2) is 5.81. The topological polar surface area (TPSA) is 96.6 Å². The zero-order valence-electron chi connectivity index (χ0n) is 12.5. The molecule has 0 bridgehead atoms. The fourth-order valence-electron chi connectivity index (χ4n) is 2.49. The molecule has 1 aliphatic carbocycles. The van der Waals surface area contributed by atoms with Gasteiger partial charge in [-0.25, -0.2) is 8.72 Å². The minimum atomic E-state index is -2.00. The van der Waals surface area contributed by atoms with Crippen molar-refractivity contribution in [2.75, 3.05) is 5.32 Å². The molecule has 4 rings (SSSR count). The molecular formula is C16H14N4O3S. The monoisotopic (exact) mass is 342 g/mol. The van der Waals surface area contributed by atoms with Gasteiger partial charge in [0, 0.05) is 17.7 Å². The number of anilines is 1. The normalized spacial score (nSPS) is 15.4. The zero-order chi connectivity index (χ0) is 16.7. The number of carbonyl (C=O) groups excluding carboxylic acids is 1. The summed E-state index contributed by atoms with van der Waals surface area (Å²) >= 11 is -2.00. The number of pyridine rings is 1. The molecule has 122 valence electrons. The van der Waals surface area contributed by atoms with Gasteiger partial charge in [0.25, 0.3) is 0 Å². The van der Waals surface area contributed by atoms with Gasteiger partial charge in [0.05, 0.1) is 4.90 Å². The van der Waals surface area contributed by atoms with Gasteiger partial charge in [-0.1, -0.05) is 12.1 Å². The Kier molecular flexibility index (Phi) is 3.62. The highest BCUT2D eigenvalue weighted by Crippen LogP contribution is 2.30. The maximum absolute atomic E-state index is 11.9. The second-order valence-electron chi connectivity index (χ2n) is 5.66. The van der Waals surface area contributed by atoms with E-state index < -0.39 is 11.1 Å². The number of carbonyl (C=O) groups is 1. The van der Waals surface area contributed by atoms with Crippen LogP contribution in [0.1, 0.15) is 12.8 Å². The van der Waals surface area contributed by atoms with Crippen LogP contribution >= 0.6 is 0 Å². The Labute approximate surface area is 140 Å². The van der Waals surface area contributed by atoms with Crippen molar-refractivity contribution in [2.45, 2.75) is 17.7 Å². The van der Waals surface area contributed by atoms with Crippen LogP contribution in [-0.2, 0) is 15.9 Å². The largest absolute Gasteiger partial charge is 0.302 e. The molecule has 0 saturated heterocycles. The Balaban J connectivity index is 1.70. The van der Waals surface area contributed by atoms with Gasteiger partial charge < -0.3 is 4.55 Å². The molecule has 2 aromatic heterocycles. The Morgan fingerprint density at radius 1 is 1.25 bits per heavy atom. The average Bonchev–Trinajstić information content (AvgIpc) is 3.35. The molecule has 1 atom stereocenters. The zero-order valence-corrected chi connectivity index (χ0v) is 13.4. The van der Waals surface area contributed by atoms with E-state index in [0.29, 0.717) is 10.5 Å². The lowest BCUT2D eigenvalue weighted by Gasteiger charge is -2.03. The molecule has 0 radical (unpaired) electrons. The Morgan fingerprint density at radius 3 is 2.67 bits per heavy atom. The first kappa shape index (κ1) is 15.0. The summed E-state index contributed by atoms with van der Waals surface area (Å²) in [4.78, 5) is 16.6. The average molecular weight is 342 g/mol. The quantitative estimate of drug-likeness (QED) is 0.709. The lowest BCUT2D eigenvalue weighted by Crippen LogP contribution is -2.14. The molecule has 2 N–H and O–H groups in total. The predicted octanol–water partition coefficient (Wildman–Crippen LogP) is 2.33.